The second-order valence-electron chi connectivity index (χ2n) is 5.04. The molecular formula is C18H15FN2O2. The maximum atomic E-state index is 13.1. The summed E-state index contributed by atoms with van der Waals surface area (Å²) in [7, 11) is 1.48. The fourth-order valence-corrected chi connectivity index (χ4v) is 2.38. The van der Waals surface area contributed by atoms with Crippen molar-refractivity contribution in [2.24, 2.45) is 0 Å². The Morgan fingerprint density at radius 2 is 1.78 bits per heavy atom. The molecule has 0 atom stereocenters. The molecule has 0 aliphatic carbocycles. The van der Waals surface area contributed by atoms with Crippen molar-refractivity contribution in [3.05, 3.63) is 82.5 Å². The Hall–Kier alpha value is -2.95. The molecule has 0 aliphatic heterocycles. The molecule has 3 rings (SSSR count). The Labute approximate surface area is 132 Å². The lowest BCUT2D eigenvalue weighted by molar-refractivity contribution is 0.409. The second kappa shape index (κ2) is 6.44. The van der Waals surface area contributed by atoms with Crippen molar-refractivity contribution in [3.8, 4) is 16.9 Å². The van der Waals surface area contributed by atoms with Crippen molar-refractivity contribution < 1.29 is 9.13 Å². The van der Waals surface area contributed by atoms with E-state index in [4.69, 9.17) is 4.74 Å². The van der Waals surface area contributed by atoms with Gasteiger partial charge in [0.1, 0.15) is 5.82 Å². The fraction of sp³-hybridized carbons (Fsp3) is 0.111. The van der Waals surface area contributed by atoms with Gasteiger partial charge in [-0.3, -0.25) is 4.79 Å². The molecule has 1 aromatic heterocycles. The SMILES string of the molecule is COc1cnn(Cc2ccccc2)c(=O)c1-c1ccc(F)cc1. The van der Waals surface area contributed by atoms with Crippen LogP contribution in [0.15, 0.2) is 65.6 Å². The summed E-state index contributed by atoms with van der Waals surface area (Å²) in [6.45, 7) is 0.359. The number of ether oxygens (including phenoxy) is 1. The largest absolute Gasteiger partial charge is 0.494 e. The number of aromatic nitrogens is 2. The van der Waals surface area contributed by atoms with E-state index < -0.39 is 0 Å². The zero-order valence-electron chi connectivity index (χ0n) is 12.6. The van der Waals surface area contributed by atoms with Crippen LogP contribution < -0.4 is 10.3 Å². The molecular weight excluding hydrogens is 295 g/mol. The standard InChI is InChI=1S/C18H15FN2O2/c1-23-16-11-20-21(12-13-5-3-2-4-6-13)18(22)17(16)14-7-9-15(19)10-8-14/h2-11H,12H2,1H3. The molecule has 4 nitrogen and oxygen atoms in total. The van der Waals surface area contributed by atoms with Gasteiger partial charge in [0.05, 0.1) is 25.4 Å². The molecule has 1 heterocycles. The zero-order valence-corrected chi connectivity index (χ0v) is 12.6. The van der Waals surface area contributed by atoms with Gasteiger partial charge < -0.3 is 4.74 Å². The highest BCUT2D eigenvalue weighted by Gasteiger charge is 2.14. The molecule has 0 radical (unpaired) electrons. The predicted octanol–water partition coefficient (Wildman–Crippen LogP) is 3.11. The van der Waals surface area contributed by atoms with E-state index in [1.54, 1.807) is 12.1 Å². The minimum atomic E-state index is -0.355. The quantitative estimate of drug-likeness (QED) is 0.744. The average molecular weight is 310 g/mol. The lowest BCUT2D eigenvalue weighted by Gasteiger charge is -2.11. The zero-order chi connectivity index (χ0) is 16.2. The first kappa shape index (κ1) is 15.0. The van der Waals surface area contributed by atoms with Crippen LogP contribution >= 0.6 is 0 Å². The predicted molar refractivity (Wildman–Crippen MR) is 86.0 cm³/mol. The number of methoxy groups -OCH3 is 1. The van der Waals surface area contributed by atoms with Crippen LogP contribution in [0, 0.1) is 5.82 Å². The van der Waals surface area contributed by atoms with Crippen LogP contribution in [0.2, 0.25) is 0 Å². The van der Waals surface area contributed by atoms with Crippen molar-refractivity contribution >= 4 is 0 Å². The Kier molecular flexibility index (Phi) is 4.19. The van der Waals surface area contributed by atoms with Crippen LogP contribution in [0.1, 0.15) is 5.56 Å². The number of hydrogen-bond donors (Lipinski definition) is 0. The molecule has 23 heavy (non-hydrogen) atoms. The van der Waals surface area contributed by atoms with Crippen LogP contribution in [-0.4, -0.2) is 16.9 Å². The molecule has 0 fully saturated rings. The van der Waals surface area contributed by atoms with Crippen molar-refractivity contribution in [2.75, 3.05) is 7.11 Å². The van der Waals surface area contributed by atoms with Gasteiger partial charge in [0.15, 0.2) is 5.75 Å². The molecule has 2 aromatic carbocycles. The van der Waals surface area contributed by atoms with Gasteiger partial charge in [0.25, 0.3) is 5.56 Å². The van der Waals surface area contributed by atoms with Gasteiger partial charge >= 0.3 is 0 Å². The van der Waals surface area contributed by atoms with Gasteiger partial charge in [-0.05, 0) is 23.3 Å². The summed E-state index contributed by atoms with van der Waals surface area (Å²) in [6.07, 6.45) is 1.50. The summed E-state index contributed by atoms with van der Waals surface area (Å²) in [6, 6.07) is 15.3. The first-order valence-electron chi connectivity index (χ1n) is 7.13. The van der Waals surface area contributed by atoms with E-state index in [-0.39, 0.29) is 11.4 Å². The maximum absolute atomic E-state index is 13.1. The number of halogens is 1. The lowest BCUT2D eigenvalue weighted by atomic mass is 10.1. The molecule has 0 saturated carbocycles. The molecule has 0 saturated heterocycles. The molecule has 0 bridgehead atoms. The van der Waals surface area contributed by atoms with Gasteiger partial charge in [-0.15, -0.1) is 0 Å². The second-order valence-corrected chi connectivity index (χ2v) is 5.04. The van der Waals surface area contributed by atoms with Crippen LogP contribution in [0.4, 0.5) is 4.39 Å². The Balaban J connectivity index is 2.09. The number of rotatable bonds is 4. The molecule has 0 N–H and O–H groups in total. The summed E-state index contributed by atoms with van der Waals surface area (Å²) >= 11 is 0. The normalized spacial score (nSPS) is 10.5. The van der Waals surface area contributed by atoms with E-state index >= 15 is 0 Å². The van der Waals surface area contributed by atoms with Crippen LogP contribution in [0.25, 0.3) is 11.1 Å². The van der Waals surface area contributed by atoms with Crippen molar-refractivity contribution in [1.82, 2.24) is 9.78 Å². The maximum Gasteiger partial charge on any atom is 0.278 e. The smallest absolute Gasteiger partial charge is 0.278 e. The third kappa shape index (κ3) is 3.13. The number of nitrogens with zero attached hydrogens (tertiary/aromatic N) is 2. The third-order valence-corrected chi connectivity index (χ3v) is 3.54. The summed E-state index contributed by atoms with van der Waals surface area (Å²) in [5.41, 5.74) is 1.66. The van der Waals surface area contributed by atoms with Crippen molar-refractivity contribution in [2.45, 2.75) is 6.54 Å². The van der Waals surface area contributed by atoms with Gasteiger partial charge in [-0.25, -0.2) is 9.07 Å². The number of benzene rings is 2. The molecule has 116 valence electrons. The highest BCUT2D eigenvalue weighted by atomic mass is 19.1. The molecule has 5 heteroatoms. The highest BCUT2D eigenvalue weighted by Crippen LogP contribution is 2.25. The van der Waals surface area contributed by atoms with Gasteiger partial charge in [-0.1, -0.05) is 42.5 Å². The van der Waals surface area contributed by atoms with E-state index in [2.05, 4.69) is 5.10 Å². The molecule has 0 spiro atoms. The summed E-state index contributed by atoms with van der Waals surface area (Å²) in [5, 5.41) is 4.15. The van der Waals surface area contributed by atoms with E-state index in [1.165, 1.54) is 30.1 Å². The van der Waals surface area contributed by atoms with E-state index in [0.717, 1.165) is 5.56 Å². The monoisotopic (exact) mass is 310 g/mol. The van der Waals surface area contributed by atoms with E-state index in [1.807, 2.05) is 30.3 Å². The summed E-state index contributed by atoms with van der Waals surface area (Å²) in [4.78, 5) is 12.8. The van der Waals surface area contributed by atoms with Crippen molar-refractivity contribution in [1.29, 1.82) is 0 Å². The van der Waals surface area contributed by atoms with Crippen molar-refractivity contribution in [3.63, 3.8) is 0 Å². The molecule has 0 unspecified atom stereocenters. The fourth-order valence-electron chi connectivity index (χ4n) is 2.38. The van der Waals surface area contributed by atoms with Gasteiger partial charge in [-0.2, -0.15) is 5.10 Å². The molecule has 0 amide bonds. The Bertz CT molecular complexity index is 858. The first-order chi connectivity index (χ1) is 11.2. The van der Waals surface area contributed by atoms with Crippen LogP contribution in [0.5, 0.6) is 5.75 Å². The topological polar surface area (TPSA) is 44.1 Å². The first-order valence-corrected chi connectivity index (χ1v) is 7.13. The van der Waals surface area contributed by atoms with Gasteiger partial charge in [0.2, 0.25) is 0 Å². The molecule has 0 aliphatic rings. The minimum absolute atomic E-state index is 0.278. The lowest BCUT2D eigenvalue weighted by Crippen LogP contribution is -2.25. The Morgan fingerprint density at radius 1 is 1.09 bits per heavy atom. The van der Waals surface area contributed by atoms with E-state index in [0.29, 0.717) is 23.4 Å². The van der Waals surface area contributed by atoms with Crippen LogP contribution in [0.3, 0.4) is 0 Å². The van der Waals surface area contributed by atoms with Gasteiger partial charge in [0, 0.05) is 0 Å². The number of hydrogen-bond acceptors (Lipinski definition) is 3. The van der Waals surface area contributed by atoms with E-state index in [9.17, 15) is 9.18 Å². The summed E-state index contributed by atoms with van der Waals surface area (Å²) in [5.74, 6) is 0.0114. The summed E-state index contributed by atoms with van der Waals surface area (Å²) < 4.78 is 19.7. The highest BCUT2D eigenvalue weighted by molar-refractivity contribution is 5.68. The third-order valence-electron chi connectivity index (χ3n) is 3.54. The average Bonchev–Trinajstić information content (AvgIpc) is 2.58. The molecule has 3 aromatic rings. The Morgan fingerprint density at radius 3 is 2.43 bits per heavy atom. The minimum Gasteiger partial charge on any atom is -0.494 e. The van der Waals surface area contributed by atoms with Crippen LogP contribution in [-0.2, 0) is 6.54 Å².